The molecule has 0 radical (unpaired) electrons. The molecule has 2 N–H and O–H groups in total. The van der Waals surface area contributed by atoms with Crippen LogP contribution in [0.5, 0.6) is 0 Å². The SMILES string of the molecule is CC1CC(=O)Nc2ccccc2N1C(=O)CN1C(=O)NC(C)(c2ccccc2)C1=O. The summed E-state index contributed by atoms with van der Waals surface area (Å²) < 4.78 is 0. The fraction of sp³-hybridized carbons (Fsp3) is 0.273. The highest BCUT2D eigenvalue weighted by atomic mass is 16.2. The molecule has 4 rings (SSSR count). The van der Waals surface area contributed by atoms with Gasteiger partial charge in [0.05, 0.1) is 11.4 Å². The second-order valence-corrected chi connectivity index (χ2v) is 7.69. The first-order valence-corrected chi connectivity index (χ1v) is 9.72. The van der Waals surface area contributed by atoms with Crippen molar-refractivity contribution in [2.75, 3.05) is 16.8 Å². The maximum absolute atomic E-state index is 13.2. The fourth-order valence-corrected chi connectivity index (χ4v) is 3.99. The van der Waals surface area contributed by atoms with Crippen LogP contribution in [-0.2, 0) is 19.9 Å². The highest BCUT2D eigenvalue weighted by Gasteiger charge is 2.50. The first kappa shape index (κ1) is 19.6. The molecule has 2 atom stereocenters. The van der Waals surface area contributed by atoms with Crippen molar-refractivity contribution < 1.29 is 19.2 Å². The molecule has 2 aliphatic rings. The van der Waals surface area contributed by atoms with Gasteiger partial charge in [0.15, 0.2) is 0 Å². The molecule has 2 aliphatic heterocycles. The van der Waals surface area contributed by atoms with Gasteiger partial charge in [0.1, 0.15) is 12.1 Å². The van der Waals surface area contributed by atoms with Gasteiger partial charge in [-0.05, 0) is 31.5 Å². The maximum Gasteiger partial charge on any atom is 0.325 e. The van der Waals surface area contributed by atoms with Crippen LogP contribution in [0.2, 0.25) is 0 Å². The molecule has 5 amide bonds. The topological polar surface area (TPSA) is 98.8 Å². The molecular formula is C22H22N4O4. The van der Waals surface area contributed by atoms with Crippen molar-refractivity contribution in [1.29, 1.82) is 0 Å². The van der Waals surface area contributed by atoms with E-state index in [1.54, 1.807) is 62.4 Å². The largest absolute Gasteiger partial charge is 0.325 e. The molecule has 154 valence electrons. The van der Waals surface area contributed by atoms with Gasteiger partial charge in [-0.25, -0.2) is 4.79 Å². The molecular weight excluding hydrogens is 384 g/mol. The Morgan fingerprint density at radius 3 is 2.47 bits per heavy atom. The monoisotopic (exact) mass is 406 g/mol. The first-order valence-electron chi connectivity index (χ1n) is 9.72. The van der Waals surface area contributed by atoms with Crippen LogP contribution in [0.15, 0.2) is 54.6 Å². The molecule has 0 bridgehead atoms. The van der Waals surface area contributed by atoms with E-state index >= 15 is 0 Å². The summed E-state index contributed by atoms with van der Waals surface area (Å²) in [7, 11) is 0. The molecule has 1 saturated heterocycles. The number of fused-ring (bicyclic) bond motifs is 1. The Hall–Kier alpha value is -3.68. The van der Waals surface area contributed by atoms with Gasteiger partial charge >= 0.3 is 6.03 Å². The van der Waals surface area contributed by atoms with Crippen LogP contribution in [0, 0.1) is 0 Å². The van der Waals surface area contributed by atoms with E-state index in [2.05, 4.69) is 10.6 Å². The molecule has 2 aromatic carbocycles. The standard InChI is InChI=1S/C22H22N4O4/c1-14-12-18(27)23-16-10-6-7-11-17(16)26(14)19(28)13-25-20(29)22(2,24-21(25)30)15-8-4-3-5-9-15/h3-11,14H,12-13H2,1-2H3,(H,23,27)(H,24,30). The predicted molar refractivity (Wildman–Crippen MR) is 111 cm³/mol. The Bertz CT molecular complexity index is 1040. The van der Waals surface area contributed by atoms with E-state index in [9.17, 15) is 19.2 Å². The van der Waals surface area contributed by atoms with E-state index in [0.717, 1.165) is 4.90 Å². The van der Waals surface area contributed by atoms with Gasteiger partial charge in [-0.2, -0.15) is 0 Å². The van der Waals surface area contributed by atoms with E-state index in [4.69, 9.17) is 0 Å². The molecule has 8 heteroatoms. The van der Waals surface area contributed by atoms with Crippen LogP contribution in [-0.4, -0.2) is 41.2 Å². The number of imide groups is 1. The quantitative estimate of drug-likeness (QED) is 0.764. The van der Waals surface area contributed by atoms with Crippen LogP contribution < -0.4 is 15.5 Å². The molecule has 0 aliphatic carbocycles. The lowest BCUT2D eigenvalue weighted by Crippen LogP contribution is -2.47. The minimum Gasteiger partial charge on any atom is -0.324 e. The van der Waals surface area contributed by atoms with Gasteiger partial charge in [-0.15, -0.1) is 0 Å². The van der Waals surface area contributed by atoms with E-state index in [1.807, 2.05) is 6.07 Å². The van der Waals surface area contributed by atoms with Crippen molar-refractivity contribution in [3.05, 3.63) is 60.2 Å². The minimum absolute atomic E-state index is 0.113. The smallest absolute Gasteiger partial charge is 0.324 e. The number of carbonyl (C=O) groups excluding carboxylic acids is 4. The van der Waals surface area contributed by atoms with E-state index < -0.39 is 36.0 Å². The highest BCUT2D eigenvalue weighted by molar-refractivity contribution is 6.12. The van der Waals surface area contributed by atoms with Gasteiger partial charge in [0.2, 0.25) is 11.8 Å². The van der Waals surface area contributed by atoms with Crippen LogP contribution >= 0.6 is 0 Å². The Morgan fingerprint density at radius 2 is 1.73 bits per heavy atom. The number of urea groups is 1. The zero-order valence-electron chi connectivity index (χ0n) is 16.7. The molecule has 1 fully saturated rings. The van der Waals surface area contributed by atoms with Gasteiger partial charge in [0, 0.05) is 12.5 Å². The minimum atomic E-state index is -1.24. The summed E-state index contributed by atoms with van der Waals surface area (Å²) in [6.07, 6.45) is 0.113. The molecule has 2 aromatic rings. The van der Waals surface area contributed by atoms with Gasteiger partial charge < -0.3 is 15.5 Å². The summed E-state index contributed by atoms with van der Waals surface area (Å²) >= 11 is 0. The van der Waals surface area contributed by atoms with Crippen molar-refractivity contribution in [2.24, 2.45) is 0 Å². The van der Waals surface area contributed by atoms with Crippen LogP contribution in [0.4, 0.5) is 16.2 Å². The number of nitrogens with one attached hydrogen (secondary N) is 2. The number of benzene rings is 2. The van der Waals surface area contributed by atoms with Gasteiger partial charge in [-0.1, -0.05) is 42.5 Å². The van der Waals surface area contributed by atoms with Crippen LogP contribution in [0.25, 0.3) is 0 Å². The number of amides is 5. The van der Waals surface area contributed by atoms with Crippen molar-refractivity contribution >= 4 is 35.1 Å². The molecule has 0 spiro atoms. The van der Waals surface area contributed by atoms with Crippen molar-refractivity contribution in [2.45, 2.75) is 31.8 Å². The number of carbonyl (C=O) groups is 4. The third kappa shape index (κ3) is 3.20. The van der Waals surface area contributed by atoms with Gasteiger partial charge in [-0.3, -0.25) is 19.3 Å². The van der Waals surface area contributed by atoms with Crippen LogP contribution in [0.3, 0.4) is 0 Å². The van der Waals surface area contributed by atoms with E-state index in [1.165, 1.54) is 4.90 Å². The average Bonchev–Trinajstić information content (AvgIpc) is 2.85. The molecule has 0 saturated carbocycles. The van der Waals surface area contributed by atoms with Crippen molar-refractivity contribution in [3.8, 4) is 0 Å². The number of hydrogen-bond donors (Lipinski definition) is 2. The summed E-state index contributed by atoms with van der Waals surface area (Å²) in [5.41, 5.74) is 0.463. The third-order valence-electron chi connectivity index (χ3n) is 5.55. The number of para-hydroxylation sites is 2. The Morgan fingerprint density at radius 1 is 1.07 bits per heavy atom. The Balaban J connectivity index is 1.62. The molecule has 30 heavy (non-hydrogen) atoms. The summed E-state index contributed by atoms with van der Waals surface area (Å²) in [6.45, 7) is 2.97. The molecule has 2 heterocycles. The summed E-state index contributed by atoms with van der Waals surface area (Å²) in [6, 6.07) is 14.8. The van der Waals surface area contributed by atoms with E-state index in [0.29, 0.717) is 16.9 Å². The predicted octanol–water partition coefficient (Wildman–Crippen LogP) is 2.22. The zero-order chi connectivity index (χ0) is 21.5. The highest BCUT2D eigenvalue weighted by Crippen LogP contribution is 2.33. The fourth-order valence-electron chi connectivity index (χ4n) is 3.99. The third-order valence-corrected chi connectivity index (χ3v) is 5.55. The second-order valence-electron chi connectivity index (χ2n) is 7.69. The Kier molecular flexibility index (Phi) is 4.77. The first-order chi connectivity index (χ1) is 14.3. The lowest BCUT2D eigenvalue weighted by molar-refractivity contribution is -0.134. The molecule has 8 nitrogen and oxygen atoms in total. The lowest BCUT2D eigenvalue weighted by Gasteiger charge is -2.29. The van der Waals surface area contributed by atoms with Crippen molar-refractivity contribution in [3.63, 3.8) is 0 Å². The van der Waals surface area contributed by atoms with Crippen molar-refractivity contribution in [1.82, 2.24) is 10.2 Å². The summed E-state index contributed by atoms with van der Waals surface area (Å²) in [5, 5.41) is 5.50. The summed E-state index contributed by atoms with van der Waals surface area (Å²) in [4.78, 5) is 53.5. The lowest BCUT2D eigenvalue weighted by atomic mass is 9.92. The number of hydrogen-bond acceptors (Lipinski definition) is 4. The number of nitrogens with zero attached hydrogens (tertiary/aromatic N) is 2. The maximum atomic E-state index is 13.2. The normalized spacial score (nSPS) is 23.5. The van der Waals surface area contributed by atoms with Crippen LogP contribution in [0.1, 0.15) is 25.8 Å². The number of rotatable bonds is 3. The molecule has 0 aromatic heterocycles. The second kappa shape index (κ2) is 7.29. The molecule has 2 unspecified atom stereocenters. The zero-order valence-corrected chi connectivity index (χ0v) is 16.7. The average molecular weight is 406 g/mol. The van der Waals surface area contributed by atoms with E-state index in [-0.39, 0.29) is 12.3 Å². The Labute approximate surface area is 173 Å². The summed E-state index contributed by atoms with van der Waals surface area (Å²) in [5.74, 6) is -1.12. The number of anilines is 2. The van der Waals surface area contributed by atoms with Gasteiger partial charge in [0.25, 0.3) is 5.91 Å².